The first-order valence-electron chi connectivity index (χ1n) is 32.1. The quantitative estimate of drug-likeness (QED) is 0.0382. The number of rotatable bonds is 26. The van der Waals surface area contributed by atoms with E-state index in [1.54, 1.807) is 0 Å². The van der Waals surface area contributed by atoms with Gasteiger partial charge in [-0.25, -0.2) is 0 Å². The number of aliphatic hydroxyl groups excluding tert-OH is 22. The summed E-state index contributed by atoms with van der Waals surface area (Å²) in [5.41, 5.74) is 0. The van der Waals surface area contributed by atoms with Crippen molar-refractivity contribution in [3.63, 3.8) is 0 Å². The molecule has 8 saturated heterocycles. The third-order valence-corrected chi connectivity index (χ3v) is 18.2. The number of aliphatic hydroxyl groups is 22. The molecule has 584 valence electrons. The van der Waals surface area contributed by atoms with E-state index in [0.29, 0.717) is 0 Å². The second-order valence-corrected chi connectivity index (χ2v) is 25.4. The van der Waals surface area contributed by atoms with Gasteiger partial charge in [0.1, 0.15) is 195 Å². The Kier molecular flexibility index (Phi) is 29.9. The van der Waals surface area contributed by atoms with E-state index in [1.165, 1.54) is 0 Å². The molecule has 8 fully saturated rings. The summed E-state index contributed by atoms with van der Waals surface area (Å²) in [6.07, 6.45) is -70.2. The molecule has 101 heavy (non-hydrogen) atoms. The van der Waals surface area contributed by atoms with E-state index in [2.05, 4.69) is 21.3 Å². The number of amides is 4. The summed E-state index contributed by atoms with van der Waals surface area (Å²) in [6.45, 7) is -4.09. The summed E-state index contributed by atoms with van der Waals surface area (Å²) in [5, 5.41) is 250. The predicted molar refractivity (Wildman–Crippen MR) is 311 cm³/mol. The Hall–Kier alpha value is -3.60. The van der Waals surface area contributed by atoms with E-state index in [4.69, 9.17) is 71.1 Å². The van der Waals surface area contributed by atoms with Gasteiger partial charge in [0, 0.05) is 27.7 Å². The van der Waals surface area contributed by atoms with Crippen LogP contribution in [0.5, 0.6) is 0 Å². The normalized spacial score (nSPS) is 48.3. The van der Waals surface area contributed by atoms with Crippen molar-refractivity contribution in [2.45, 2.75) is 273 Å². The lowest BCUT2D eigenvalue weighted by atomic mass is 9.93. The lowest BCUT2D eigenvalue weighted by Gasteiger charge is -2.51. The Bertz CT molecular complexity index is 2640. The number of nitrogens with one attached hydrogen (secondary N) is 4. The van der Waals surface area contributed by atoms with Crippen molar-refractivity contribution in [2.24, 2.45) is 0 Å². The second kappa shape index (κ2) is 36.3. The third-order valence-electron chi connectivity index (χ3n) is 18.2. The maximum absolute atomic E-state index is 12.9. The predicted octanol–water partition coefficient (Wildman–Crippen LogP) is -17.9. The van der Waals surface area contributed by atoms with Crippen molar-refractivity contribution in [1.29, 1.82) is 0 Å². The Morgan fingerprint density at radius 3 is 0.842 bits per heavy atom. The first-order valence-corrected chi connectivity index (χ1v) is 32.1. The molecule has 0 aromatic heterocycles. The summed E-state index contributed by atoms with van der Waals surface area (Å²) >= 11 is 0. The van der Waals surface area contributed by atoms with Crippen LogP contribution in [-0.4, -0.2) is 434 Å². The molecule has 0 bridgehead atoms. The average molecular weight is 1480 g/mol. The molecule has 4 amide bonds. The Morgan fingerprint density at radius 1 is 0.257 bits per heavy atom. The summed E-state index contributed by atoms with van der Waals surface area (Å²) in [5.74, 6) is -3.43. The highest BCUT2D eigenvalue weighted by Crippen LogP contribution is 2.39. The molecule has 0 aromatic rings. The Labute approximate surface area is 572 Å². The largest absolute Gasteiger partial charge is 0.394 e. The zero-order valence-corrected chi connectivity index (χ0v) is 54.3. The third kappa shape index (κ3) is 18.5. The van der Waals surface area contributed by atoms with Crippen LogP contribution in [0.3, 0.4) is 0 Å². The lowest BCUT2D eigenvalue weighted by molar-refractivity contribution is -0.386. The summed E-state index contributed by atoms with van der Waals surface area (Å²) < 4.78 is 86.9. The SMILES string of the molecule is CC(=O)N[C@@H]1[C@@H](O[C@@H]2O[C@H](CO)[C@H](O)[C@H](O)[C@H]2O)[C@@H](O)[C@@H](CO[C@@H]2O[C@H](CO)[C@@H](O[C@@H]3O[C@H](CO)[C@H](O)[C@H](O[C@@H]4O[C@H](CO)[C@@H](O[C@@H]5O[C@H](CO)[C@H](O)[C@H](O[C@@H]6O[C@H](CO)[C@@H](O[C@@H]7O[C@H](CO)[C@H](O)[C@H](O)[C@H]7O)[C@H](O)[C@H]6NC(C)=O)[C@H]5O)[C@H](O)[C@H]4NC(C)=O)[C@H]3O)[C@H](O)[C@H]2NC(C)=O)O[C@@H]1O. The zero-order valence-electron chi connectivity index (χ0n) is 54.3. The van der Waals surface area contributed by atoms with Crippen LogP contribution >= 0.6 is 0 Å². The standard InChI is InChI=1S/C56H94N4O41/c1-13(68)57-25-34(77)43(21(9-65)93-50(25)87-12-24-33(76)46(28(49(86)88-24)60-16(4)71)99-54-40(83)38(81)30(73)18(6-62)90-54)97-55-41(84)47(31(74)19(7-63)91-55)101-52-27(59-15(3)70)36(79)45(23(11-67)95-52)98-56-42(85)48(32(75)20(8-64)92-56)100-51-26(58-14(2)69)35(78)44(22(10-66)94-51)96-53-39(82)37(80)29(72)17(5-61)89-53/h17-56,61-67,72-86H,5-12H2,1-4H3,(H,57,68)(H,58,69)(H,59,70)(H,60,71)/t17-,18-,19-,20-,21-,22-,23-,24-,25-,26-,27-,28-,29+,30+,31+,32+,33+,34-,35-,36-,37+,38+,39-,40-,41-,42-,43-,44-,45-,46-,47+,48+,49+,50-,51+,52+,53+,54+,55+,56+/m1/s1. The highest BCUT2D eigenvalue weighted by molar-refractivity contribution is 5.74. The molecule has 0 aliphatic carbocycles. The molecule has 45 heteroatoms. The minimum absolute atomic E-state index is 0.785. The van der Waals surface area contributed by atoms with Crippen molar-refractivity contribution in [3.8, 4) is 0 Å². The van der Waals surface area contributed by atoms with Gasteiger partial charge in [-0.05, 0) is 0 Å². The molecule has 8 aliphatic rings. The fraction of sp³-hybridized carbons (Fsp3) is 0.929. The van der Waals surface area contributed by atoms with Crippen LogP contribution in [0, 0.1) is 0 Å². The molecular weight excluding hydrogens is 1380 g/mol. The fourth-order valence-electron chi connectivity index (χ4n) is 13.0. The monoisotopic (exact) mass is 1480 g/mol. The molecule has 8 rings (SSSR count). The van der Waals surface area contributed by atoms with Crippen LogP contribution < -0.4 is 21.3 Å². The van der Waals surface area contributed by atoms with E-state index in [0.717, 1.165) is 27.7 Å². The van der Waals surface area contributed by atoms with Crippen molar-refractivity contribution < 1.29 is 203 Å². The van der Waals surface area contributed by atoms with Crippen LogP contribution in [0.2, 0.25) is 0 Å². The number of carbonyl (C=O) groups excluding carboxylic acids is 4. The van der Waals surface area contributed by atoms with Crippen LogP contribution in [0.25, 0.3) is 0 Å². The van der Waals surface area contributed by atoms with Crippen molar-refractivity contribution in [2.75, 3.05) is 52.9 Å². The second-order valence-electron chi connectivity index (χ2n) is 25.4. The number of hydrogen-bond acceptors (Lipinski definition) is 41. The van der Waals surface area contributed by atoms with Crippen LogP contribution in [0.15, 0.2) is 0 Å². The molecular formula is C56H94N4O41. The van der Waals surface area contributed by atoms with Gasteiger partial charge in [0.2, 0.25) is 23.6 Å². The van der Waals surface area contributed by atoms with Gasteiger partial charge in [-0.3, -0.25) is 19.2 Å². The molecule has 8 heterocycles. The minimum Gasteiger partial charge on any atom is -0.394 e. The Balaban J connectivity index is 0.964. The van der Waals surface area contributed by atoms with Gasteiger partial charge in [0.25, 0.3) is 0 Å². The van der Waals surface area contributed by atoms with E-state index < -0.39 is 322 Å². The van der Waals surface area contributed by atoms with Gasteiger partial charge in [0.15, 0.2) is 50.3 Å². The van der Waals surface area contributed by atoms with Crippen molar-refractivity contribution >= 4 is 23.6 Å². The number of carbonyl (C=O) groups is 4. The topological polar surface area (TPSA) is 700 Å². The first-order chi connectivity index (χ1) is 47.8. The van der Waals surface area contributed by atoms with E-state index in [1.807, 2.05) is 0 Å². The van der Waals surface area contributed by atoms with E-state index >= 15 is 0 Å². The van der Waals surface area contributed by atoms with E-state index in [9.17, 15) is 132 Å². The average Bonchev–Trinajstić information content (AvgIpc) is 0.775. The molecule has 0 aromatic carbocycles. The summed E-state index contributed by atoms with van der Waals surface area (Å²) in [7, 11) is 0. The summed E-state index contributed by atoms with van der Waals surface area (Å²) in [4.78, 5) is 50.4. The highest BCUT2D eigenvalue weighted by Gasteiger charge is 2.60. The van der Waals surface area contributed by atoms with Gasteiger partial charge >= 0.3 is 0 Å². The van der Waals surface area contributed by atoms with Gasteiger partial charge in [0.05, 0.1) is 52.9 Å². The number of hydrogen-bond donors (Lipinski definition) is 26. The molecule has 8 aliphatic heterocycles. The lowest BCUT2D eigenvalue weighted by Crippen LogP contribution is -2.71. The highest BCUT2D eigenvalue weighted by atomic mass is 16.8. The minimum atomic E-state index is -2.30. The van der Waals surface area contributed by atoms with Crippen molar-refractivity contribution in [3.05, 3.63) is 0 Å². The number of ether oxygens (including phenoxy) is 15. The van der Waals surface area contributed by atoms with Crippen molar-refractivity contribution in [1.82, 2.24) is 21.3 Å². The molecule has 0 radical (unpaired) electrons. The van der Waals surface area contributed by atoms with Gasteiger partial charge in [-0.2, -0.15) is 0 Å². The summed E-state index contributed by atoms with van der Waals surface area (Å²) in [6, 6.07) is -7.09. The molecule has 0 spiro atoms. The zero-order chi connectivity index (χ0) is 74.5. The molecule has 26 N–H and O–H groups in total. The van der Waals surface area contributed by atoms with Gasteiger partial charge in [-0.15, -0.1) is 0 Å². The molecule has 40 atom stereocenters. The Morgan fingerprint density at radius 2 is 0.515 bits per heavy atom. The van der Waals surface area contributed by atoms with Gasteiger partial charge in [-0.1, -0.05) is 0 Å². The smallest absolute Gasteiger partial charge is 0.217 e. The first kappa shape index (κ1) is 83.0. The van der Waals surface area contributed by atoms with Crippen LogP contribution in [-0.2, 0) is 90.2 Å². The van der Waals surface area contributed by atoms with Crippen LogP contribution in [0.4, 0.5) is 0 Å². The maximum Gasteiger partial charge on any atom is 0.217 e. The maximum atomic E-state index is 12.9. The molecule has 0 saturated carbocycles. The van der Waals surface area contributed by atoms with E-state index in [-0.39, 0.29) is 0 Å². The fourth-order valence-corrected chi connectivity index (χ4v) is 13.0. The van der Waals surface area contributed by atoms with Gasteiger partial charge < -0.3 is 205 Å². The molecule has 45 nitrogen and oxygen atoms in total. The molecule has 0 unspecified atom stereocenters. The van der Waals surface area contributed by atoms with Crippen LogP contribution in [0.1, 0.15) is 27.7 Å².